The molecule has 0 unspecified atom stereocenters. The van der Waals surface area contributed by atoms with E-state index in [1.54, 1.807) is 0 Å². The molecule has 1 aromatic carbocycles. The lowest BCUT2D eigenvalue weighted by atomic mass is 10.0. The van der Waals surface area contributed by atoms with Gasteiger partial charge in [-0.15, -0.1) is 0 Å². The Morgan fingerprint density at radius 2 is 2.24 bits per heavy atom. The van der Waals surface area contributed by atoms with Gasteiger partial charge in [-0.2, -0.15) is 0 Å². The molecule has 1 heterocycles. The highest BCUT2D eigenvalue weighted by Gasteiger charge is 2.34. The zero-order valence-electron chi connectivity index (χ0n) is 10.3. The highest BCUT2D eigenvalue weighted by Crippen LogP contribution is 2.38. The average molecular weight is 298 g/mol. The topological polar surface area (TPSA) is 29.5 Å². The van der Waals surface area contributed by atoms with E-state index in [0.29, 0.717) is 13.0 Å². The molecule has 0 atom stereocenters. The summed E-state index contributed by atoms with van der Waals surface area (Å²) in [6.07, 6.45) is 0.506. The molecule has 1 aliphatic heterocycles. The fraction of sp³-hybridized carbons (Fsp3) is 0.462. The molecule has 3 nitrogen and oxygen atoms in total. The number of carbonyl (C=O) groups is 1. The number of carbonyl (C=O) groups excluding carboxylic acids is 1. The standard InChI is InChI=1S/C13H16BrNO2/c1-4-12(16)15-8-13(2,3)17-11-7-9(14)5-6-10(11)15/h5-7H,4,8H2,1-3H3. The number of benzene rings is 1. The smallest absolute Gasteiger partial charge is 0.226 e. The summed E-state index contributed by atoms with van der Waals surface area (Å²) in [4.78, 5) is 13.8. The molecule has 0 spiro atoms. The van der Waals surface area contributed by atoms with E-state index in [1.807, 2.05) is 43.9 Å². The van der Waals surface area contributed by atoms with Gasteiger partial charge in [-0.25, -0.2) is 0 Å². The first-order chi connectivity index (χ1) is 7.93. The molecule has 0 bridgehead atoms. The number of hydrogen-bond acceptors (Lipinski definition) is 2. The van der Waals surface area contributed by atoms with Crippen molar-refractivity contribution in [2.45, 2.75) is 32.8 Å². The van der Waals surface area contributed by atoms with Crippen LogP contribution in [-0.2, 0) is 4.79 Å². The summed E-state index contributed by atoms with van der Waals surface area (Å²) in [5.41, 5.74) is 0.512. The van der Waals surface area contributed by atoms with Crippen molar-refractivity contribution in [1.29, 1.82) is 0 Å². The van der Waals surface area contributed by atoms with Gasteiger partial charge in [-0.1, -0.05) is 22.9 Å². The minimum atomic E-state index is -0.349. The van der Waals surface area contributed by atoms with Crippen LogP contribution in [0.2, 0.25) is 0 Å². The first-order valence-corrected chi connectivity index (χ1v) is 6.51. The van der Waals surface area contributed by atoms with Crippen molar-refractivity contribution in [1.82, 2.24) is 0 Å². The Labute approximate surface area is 110 Å². The Hall–Kier alpha value is -1.03. The van der Waals surface area contributed by atoms with Crippen LogP contribution in [0, 0.1) is 0 Å². The number of amides is 1. The van der Waals surface area contributed by atoms with Gasteiger partial charge < -0.3 is 9.64 Å². The molecule has 0 aliphatic carbocycles. The van der Waals surface area contributed by atoms with Gasteiger partial charge in [0.25, 0.3) is 0 Å². The van der Waals surface area contributed by atoms with Crippen molar-refractivity contribution in [3.8, 4) is 5.75 Å². The van der Waals surface area contributed by atoms with Gasteiger partial charge in [-0.3, -0.25) is 4.79 Å². The third-order valence-electron chi connectivity index (χ3n) is 2.74. The van der Waals surface area contributed by atoms with E-state index in [4.69, 9.17) is 4.74 Å². The van der Waals surface area contributed by atoms with Gasteiger partial charge in [0.1, 0.15) is 11.4 Å². The van der Waals surface area contributed by atoms with Crippen LogP contribution in [0.3, 0.4) is 0 Å². The van der Waals surface area contributed by atoms with Gasteiger partial charge in [0.15, 0.2) is 0 Å². The molecule has 4 heteroatoms. The van der Waals surface area contributed by atoms with Gasteiger partial charge in [0.05, 0.1) is 12.2 Å². The highest BCUT2D eigenvalue weighted by atomic mass is 79.9. The number of ether oxygens (including phenoxy) is 1. The molecule has 1 amide bonds. The third kappa shape index (κ3) is 2.46. The first-order valence-electron chi connectivity index (χ1n) is 5.72. The average Bonchev–Trinajstić information content (AvgIpc) is 2.25. The van der Waals surface area contributed by atoms with E-state index in [2.05, 4.69) is 15.9 Å². The van der Waals surface area contributed by atoms with Crippen LogP contribution in [0.15, 0.2) is 22.7 Å². The van der Waals surface area contributed by atoms with Crippen LogP contribution >= 0.6 is 15.9 Å². The molecule has 92 valence electrons. The van der Waals surface area contributed by atoms with E-state index in [9.17, 15) is 4.79 Å². The summed E-state index contributed by atoms with van der Waals surface area (Å²) in [7, 11) is 0. The molecule has 0 fully saturated rings. The molecule has 0 radical (unpaired) electrons. The van der Waals surface area contributed by atoms with Crippen LogP contribution in [0.25, 0.3) is 0 Å². The molecule has 0 aromatic heterocycles. The van der Waals surface area contributed by atoms with E-state index in [-0.39, 0.29) is 11.5 Å². The quantitative estimate of drug-likeness (QED) is 0.795. The Bertz CT molecular complexity index is 457. The Morgan fingerprint density at radius 1 is 1.53 bits per heavy atom. The summed E-state index contributed by atoms with van der Waals surface area (Å²) in [6, 6.07) is 5.75. The third-order valence-corrected chi connectivity index (χ3v) is 3.23. The van der Waals surface area contributed by atoms with E-state index in [0.717, 1.165) is 15.9 Å². The Morgan fingerprint density at radius 3 is 2.88 bits per heavy atom. The summed E-state index contributed by atoms with van der Waals surface area (Å²) < 4.78 is 6.86. The number of anilines is 1. The van der Waals surface area contributed by atoms with Gasteiger partial charge in [0, 0.05) is 10.9 Å². The lowest BCUT2D eigenvalue weighted by molar-refractivity contribution is -0.119. The van der Waals surface area contributed by atoms with Gasteiger partial charge in [0.2, 0.25) is 5.91 Å². The molecular weight excluding hydrogens is 282 g/mol. The summed E-state index contributed by atoms with van der Waals surface area (Å²) in [5.74, 6) is 0.891. The monoisotopic (exact) mass is 297 g/mol. The normalized spacial score (nSPS) is 17.3. The largest absolute Gasteiger partial charge is 0.484 e. The van der Waals surface area contributed by atoms with Crippen LogP contribution in [0.4, 0.5) is 5.69 Å². The van der Waals surface area contributed by atoms with Crippen molar-refractivity contribution >= 4 is 27.5 Å². The second-order valence-electron chi connectivity index (χ2n) is 4.81. The van der Waals surface area contributed by atoms with Gasteiger partial charge in [-0.05, 0) is 32.0 Å². The number of hydrogen-bond donors (Lipinski definition) is 0. The molecule has 2 rings (SSSR count). The minimum Gasteiger partial charge on any atom is -0.484 e. The maximum Gasteiger partial charge on any atom is 0.226 e. The van der Waals surface area contributed by atoms with Crippen molar-refractivity contribution in [2.75, 3.05) is 11.4 Å². The maximum atomic E-state index is 12.0. The maximum absolute atomic E-state index is 12.0. The zero-order chi connectivity index (χ0) is 12.6. The van der Waals surface area contributed by atoms with Crippen molar-refractivity contribution in [2.24, 2.45) is 0 Å². The first kappa shape index (κ1) is 12.4. The molecule has 0 saturated carbocycles. The molecule has 1 aliphatic rings. The number of nitrogens with zero attached hydrogens (tertiary/aromatic N) is 1. The number of rotatable bonds is 1. The molecule has 0 saturated heterocycles. The Kier molecular flexibility index (Phi) is 3.17. The van der Waals surface area contributed by atoms with Crippen LogP contribution in [0.5, 0.6) is 5.75 Å². The van der Waals surface area contributed by atoms with E-state index < -0.39 is 0 Å². The van der Waals surface area contributed by atoms with Crippen molar-refractivity contribution < 1.29 is 9.53 Å². The fourth-order valence-corrected chi connectivity index (χ4v) is 2.34. The van der Waals surface area contributed by atoms with E-state index in [1.165, 1.54) is 0 Å². The molecule has 0 N–H and O–H groups in total. The van der Waals surface area contributed by atoms with Crippen LogP contribution in [-0.4, -0.2) is 18.1 Å². The van der Waals surface area contributed by atoms with Crippen molar-refractivity contribution in [3.05, 3.63) is 22.7 Å². The number of halogens is 1. The fourth-order valence-electron chi connectivity index (χ4n) is 2.00. The summed E-state index contributed by atoms with van der Waals surface area (Å²) in [5, 5.41) is 0. The second-order valence-corrected chi connectivity index (χ2v) is 5.72. The minimum absolute atomic E-state index is 0.130. The lowest BCUT2D eigenvalue weighted by Crippen LogP contribution is -2.49. The summed E-state index contributed by atoms with van der Waals surface area (Å²) >= 11 is 3.42. The van der Waals surface area contributed by atoms with Crippen LogP contribution < -0.4 is 9.64 Å². The number of fused-ring (bicyclic) bond motifs is 1. The zero-order valence-corrected chi connectivity index (χ0v) is 11.9. The predicted octanol–water partition coefficient (Wildman–Crippen LogP) is 3.36. The molecule has 1 aromatic rings. The SMILES string of the molecule is CCC(=O)N1CC(C)(C)Oc2cc(Br)ccc21. The Balaban J connectivity index is 2.47. The summed E-state index contributed by atoms with van der Waals surface area (Å²) in [6.45, 7) is 6.46. The van der Waals surface area contributed by atoms with Crippen molar-refractivity contribution in [3.63, 3.8) is 0 Å². The van der Waals surface area contributed by atoms with Gasteiger partial charge >= 0.3 is 0 Å². The highest BCUT2D eigenvalue weighted by molar-refractivity contribution is 9.10. The lowest BCUT2D eigenvalue weighted by Gasteiger charge is -2.39. The van der Waals surface area contributed by atoms with E-state index >= 15 is 0 Å². The molecular formula is C13H16BrNO2. The molecule has 17 heavy (non-hydrogen) atoms. The second kappa shape index (κ2) is 4.33. The van der Waals surface area contributed by atoms with Crippen LogP contribution in [0.1, 0.15) is 27.2 Å². The predicted molar refractivity (Wildman–Crippen MR) is 71.5 cm³/mol.